The zero-order valence-corrected chi connectivity index (χ0v) is 18.5. The fourth-order valence-electron chi connectivity index (χ4n) is 3.29. The SMILES string of the molecule is CCOC(=O)c1ccc(NC(=O)CN2CCN(S(=O)(=O)c3ccc(C)cc3)CC2)cc1. The van der Waals surface area contributed by atoms with Crippen molar-refractivity contribution >= 4 is 27.6 Å². The molecule has 1 fully saturated rings. The average molecular weight is 446 g/mol. The maximum Gasteiger partial charge on any atom is 0.338 e. The molecular weight excluding hydrogens is 418 g/mol. The van der Waals surface area contributed by atoms with Gasteiger partial charge in [0, 0.05) is 31.9 Å². The number of nitrogens with one attached hydrogen (secondary N) is 1. The van der Waals surface area contributed by atoms with Gasteiger partial charge in [-0.05, 0) is 50.2 Å². The summed E-state index contributed by atoms with van der Waals surface area (Å²) < 4.78 is 32.0. The van der Waals surface area contributed by atoms with Gasteiger partial charge in [0.2, 0.25) is 15.9 Å². The molecule has 0 atom stereocenters. The maximum atomic E-state index is 12.8. The number of amides is 1. The number of carbonyl (C=O) groups is 2. The minimum atomic E-state index is -3.53. The highest BCUT2D eigenvalue weighted by atomic mass is 32.2. The third kappa shape index (κ3) is 5.90. The van der Waals surface area contributed by atoms with Crippen LogP contribution in [0, 0.1) is 6.92 Å². The lowest BCUT2D eigenvalue weighted by atomic mass is 10.2. The summed E-state index contributed by atoms with van der Waals surface area (Å²) in [5.74, 6) is -0.599. The second-order valence-corrected chi connectivity index (χ2v) is 9.28. The summed E-state index contributed by atoms with van der Waals surface area (Å²) >= 11 is 0. The smallest absolute Gasteiger partial charge is 0.338 e. The zero-order chi connectivity index (χ0) is 22.4. The Balaban J connectivity index is 1.50. The fraction of sp³-hybridized carbons (Fsp3) is 0.364. The molecule has 0 bridgehead atoms. The van der Waals surface area contributed by atoms with Crippen LogP contribution in [0.2, 0.25) is 0 Å². The Morgan fingerprint density at radius 1 is 0.968 bits per heavy atom. The van der Waals surface area contributed by atoms with Gasteiger partial charge in [-0.25, -0.2) is 13.2 Å². The second kappa shape index (κ2) is 10.0. The van der Waals surface area contributed by atoms with E-state index in [0.29, 0.717) is 44.0 Å². The van der Waals surface area contributed by atoms with Gasteiger partial charge in [-0.3, -0.25) is 9.69 Å². The topological polar surface area (TPSA) is 96.0 Å². The van der Waals surface area contributed by atoms with Gasteiger partial charge in [0.05, 0.1) is 23.6 Å². The highest BCUT2D eigenvalue weighted by molar-refractivity contribution is 7.89. The number of rotatable bonds is 7. The largest absolute Gasteiger partial charge is 0.462 e. The van der Waals surface area contributed by atoms with Crippen molar-refractivity contribution in [2.75, 3.05) is 44.6 Å². The highest BCUT2D eigenvalue weighted by Crippen LogP contribution is 2.18. The van der Waals surface area contributed by atoms with Crippen LogP contribution in [0.15, 0.2) is 53.4 Å². The Bertz CT molecular complexity index is 1010. The molecule has 0 aromatic heterocycles. The summed E-state index contributed by atoms with van der Waals surface area (Å²) in [6.45, 7) is 5.73. The molecule has 8 nitrogen and oxygen atoms in total. The van der Waals surface area contributed by atoms with Gasteiger partial charge in [0.1, 0.15) is 0 Å². The Hall–Kier alpha value is -2.75. The number of ether oxygens (including phenoxy) is 1. The molecule has 2 aromatic carbocycles. The van der Waals surface area contributed by atoms with Gasteiger partial charge < -0.3 is 10.1 Å². The van der Waals surface area contributed by atoms with Crippen molar-refractivity contribution in [2.45, 2.75) is 18.7 Å². The van der Waals surface area contributed by atoms with E-state index in [4.69, 9.17) is 4.74 Å². The molecule has 9 heteroatoms. The third-order valence-electron chi connectivity index (χ3n) is 5.04. The summed E-state index contributed by atoms with van der Waals surface area (Å²) in [6, 6.07) is 13.3. The van der Waals surface area contributed by atoms with E-state index >= 15 is 0 Å². The van der Waals surface area contributed by atoms with Crippen molar-refractivity contribution in [1.82, 2.24) is 9.21 Å². The van der Waals surface area contributed by atoms with Gasteiger partial charge in [-0.2, -0.15) is 4.31 Å². The molecule has 166 valence electrons. The van der Waals surface area contributed by atoms with Crippen molar-refractivity contribution in [2.24, 2.45) is 0 Å². The van der Waals surface area contributed by atoms with E-state index in [9.17, 15) is 18.0 Å². The normalized spacial score (nSPS) is 15.4. The first-order chi connectivity index (χ1) is 14.8. The second-order valence-electron chi connectivity index (χ2n) is 7.34. The first-order valence-corrected chi connectivity index (χ1v) is 11.6. The molecule has 1 aliphatic rings. The van der Waals surface area contributed by atoms with Crippen LogP contribution in [0.4, 0.5) is 5.69 Å². The van der Waals surface area contributed by atoms with Crippen molar-refractivity contribution in [1.29, 1.82) is 0 Å². The van der Waals surface area contributed by atoms with Crippen molar-refractivity contribution < 1.29 is 22.7 Å². The number of sulfonamides is 1. The van der Waals surface area contributed by atoms with Crippen LogP contribution in [0.5, 0.6) is 0 Å². The first kappa shape index (κ1) is 22.9. The molecular formula is C22H27N3O5S. The van der Waals surface area contributed by atoms with E-state index in [-0.39, 0.29) is 17.3 Å². The molecule has 1 aliphatic heterocycles. The van der Waals surface area contributed by atoms with Crippen molar-refractivity contribution in [3.8, 4) is 0 Å². The number of nitrogens with zero attached hydrogens (tertiary/aromatic N) is 2. The molecule has 0 spiro atoms. The van der Waals surface area contributed by atoms with Gasteiger partial charge in [0.25, 0.3) is 0 Å². The number of carbonyl (C=O) groups excluding carboxylic acids is 2. The monoisotopic (exact) mass is 445 g/mol. The van der Waals surface area contributed by atoms with Crippen LogP contribution >= 0.6 is 0 Å². The van der Waals surface area contributed by atoms with Crippen molar-refractivity contribution in [3.05, 3.63) is 59.7 Å². The predicted molar refractivity (Wildman–Crippen MR) is 117 cm³/mol. The number of aryl methyl sites for hydroxylation is 1. The van der Waals surface area contributed by atoms with E-state index in [1.54, 1.807) is 55.5 Å². The third-order valence-corrected chi connectivity index (χ3v) is 6.95. The number of esters is 1. The lowest BCUT2D eigenvalue weighted by molar-refractivity contribution is -0.117. The van der Waals surface area contributed by atoms with Crippen LogP contribution < -0.4 is 5.32 Å². The molecule has 0 radical (unpaired) electrons. The zero-order valence-electron chi connectivity index (χ0n) is 17.7. The Morgan fingerprint density at radius 2 is 1.58 bits per heavy atom. The average Bonchev–Trinajstić information content (AvgIpc) is 2.75. The summed E-state index contributed by atoms with van der Waals surface area (Å²) in [5.41, 5.74) is 2.01. The lowest BCUT2D eigenvalue weighted by Gasteiger charge is -2.33. The van der Waals surface area contributed by atoms with Crippen LogP contribution in [0.3, 0.4) is 0 Å². The molecule has 0 unspecified atom stereocenters. The standard InChI is InChI=1S/C22H27N3O5S/c1-3-30-22(27)18-6-8-19(9-7-18)23-21(26)16-24-12-14-25(15-13-24)31(28,29)20-10-4-17(2)5-11-20/h4-11H,3,12-16H2,1-2H3,(H,23,26). The van der Waals surface area contributed by atoms with Crippen LogP contribution in [0.1, 0.15) is 22.8 Å². The predicted octanol–water partition coefficient (Wildman–Crippen LogP) is 2.12. The van der Waals surface area contributed by atoms with Crippen LogP contribution in [0.25, 0.3) is 0 Å². The summed E-state index contributed by atoms with van der Waals surface area (Å²) in [5, 5.41) is 2.80. The molecule has 0 aliphatic carbocycles. The molecule has 1 saturated heterocycles. The minimum absolute atomic E-state index is 0.165. The van der Waals surface area contributed by atoms with Gasteiger partial charge in [-0.15, -0.1) is 0 Å². The minimum Gasteiger partial charge on any atom is -0.462 e. The fourth-order valence-corrected chi connectivity index (χ4v) is 4.72. The van der Waals surface area contributed by atoms with Gasteiger partial charge in [-0.1, -0.05) is 17.7 Å². The number of hydrogen-bond acceptors (Lipinski definition) is 6. The van der Waals surface area contributed by atoms with E-state index in [1.807, 2.05) is 11.8 Å². The van der Waals surface area contributed by atoms with E-state index in [0.717, 1.165) is 5.56 Å². The molecule has 1 heterocycles. The van der Waals surface area contributed by atoms with Crippen molar-refractivity contribution in [3.63, 3.8) is 0 Å². The van der Waals surface area contributed by atoms with E-state index in [2.05, 4.69) is 5.32 Å². The number of piperazine rings is 1. The summed E-state index contributed by atoms with van der Waals surface area (Å²) in [7, 11) is -3.53. The molecule has 1 N–H and O–H groups in total. The van der Waals surface area contributed by atoms with Gasteiger partial charge >= 0.3 is 5.97 Å². The molecule has 3 rings (SSSR count). The number of hydrogen-bond donors (Lipinski definition) is 1. The highest BCUT2D eigenvalue weighted by Gasteiger charge is 2.29. The number of anilines is 1. The Labute approximate surface area is 182 Å². The Kier molecular flexibility index (Phi) is 7.42. The van der Waals surface area contributed by atoms with Crippen LogP contribution in [-0.4, -0.2) is 68.8 Å². The van der Waals surface area contributed by atoms with E-state index in [1.165, 1.54) is 4.31 Å². The lowest BCUT2D eigenvalue weighted by Crippen LogP contribution is -2.50. The first-order valence-electron chi connectivity index (χ1n) is 10.2. The molecule has 31 heavy (non-hydrogen) atoms. The Morgan fingerprint density at radius 3 is 2.16 bits per heavy atom. The summed E-state index contributed by atoms with van der Waals surface area (Å²) in [6.07, 6.45) is 0. The van der Waals surface area contributed by atoms with E-state index < -0.39 is 16.0 Å². The van der Waals surface area contributed by atoms with Crippen LogP contribution in [-0.2, 0) is 19.6 Å². The number of benzene rings is 2. The molecule has 1 amide bonds. The summed E-state index contributed by atoms with van der Waals surface area (Å²) in [4.78, 5) is 26.2. The maximum absolute atomic E-state index is 12.8. The molecule has 2 aromatic rings. The van der Waals surface area contributed by atoms with Gasteiger partial charge in [0.15, 0.2) is 0 Å². The molecule has 0 saturated carbocycles. The quantitative estimate of drug-likeness (QED) is 0.656.